The summed E-state index contributed by atoms with van der Waals surface area (Å²) in [4.78, 5) is 4.72. The molecule has 2 aromatic heterocycles. The van der Waals surface area contributed by atoms with E-state index in [2.05, 4.69) is 195 Å². The van der Waals surface area contributed by atoms with E-state index in [9.17, 15) is 10.5 Å². The Morgan fingerprint density at radius 2 is 1.29 bits per heavy atom. The number of aromatic nitrogens is 2. The second-order valence-corrected chi connectivity index (χ2v) is 16.2. The van der Waals surface area contributed by atoms with Crippen LogP contribution in [0.4, 0.5) is 22.7 Å². The molecular weight excluding hydrogens is 757 g/mol. The maximum Gasteiger partial charge on any atom is 0.0991 e. The van der Waals surface area contributed by atoms with E-state index in [4.69, 9.17) is 0 Å². The van der Waals surface area contributed by atoms with Gasteiger partial charge in [-0.2, -0.15) is 10.5 Å². The minimum absolute atomic E-state index is 0.0297. The SMILES string of the molecule is N#Cc1ccc(N(c2ccc(N(C3=CCC(C#N)C=C3)C3C=Cc4c(c5ccccc5n4-c4ccccc4)C3)cc2)c2ccc3c(c2)c2ccccc2n3C2=CC=CCC2)cc1. The molecule has 0 bridgehead atoms. The Morgan fingerprint density at radius 1 is 0.613 bits per heavy atom. The predicted molar refractivity (Wildman–Crippen MR) is 255 cm³/mol. The Kier molecular flexibility index (Phi) is 9.25. The van der Waals surface area contributed by atoms with Crippen LogP contribution >= 0.6 is 0 Å². The molecule has 0 N–H and O–H groups in total. The van der Waals surface area contributed by atoms with Crippen LogP contribution in [-0.2, 0) is 6.42 Å². The summed E-state index contributed by atoms with van der Waals surface area (Å²) in [6, 6.07) is 56.3. The fraction of sp³-hybridized carbons (Fsp3) is 0.107. The van der Waals surface area contributed by atoms with Gasteiger partial charge in [0.25, 0.3) is 0 Å². The first-order valence-corrected chi connectivity index (χ1v) is 21.4. The number of anilines is 4. The molecule has 0 amide bonds. The second-order valence-electron chi connectivity index (χ2n) is 16.2. The van der Waals surface area contributed by atoms with Crippen molar-refractivity contribution < 1.29 is 0 Å². The van der Waals surface area contributed by atoms with Gasteiger partial charge in [-0.1, -0.05) is 85.0 Å². The molecule has 0 aliphatic heterocycles. The molecule has 2 atom stereocenters. The fourth-order valence-corrected chi connectivity index (χ4v) is 9.72. The quantitative estimate of drug-likeness (QED) is 0.154. The lowest BCUT2D eigenvalue weighted by Gasteiger charge is -2.36. The Bertz CT molecular complexity index is 3270. The van der Waals surface area contributed by atoms with Crippen LogP contribution in [-0.4, -0.2) is 15.2 Å². The van der Waals surface area contributed by atoms with Crippen LogP contribution in [0.1, 0.15) is 36.1 Å². The molecule has 6 aromatic carbocycles. The number of allylic oxidation sites excluding steroid dienone is 7. The van der Waals surface area contributed by atoms with E-state index in [0.717, 1.165) is 53.4 Å². The third-order valence-corrected chi connectivity index (χ3v) is 12.6. The van der Waals surface area contributed by atoms with Crippen LogP contribution in [0.15, 0.2) is 194 Å². The molecule has 6 nitrogen and oxygen atoms in total. The van der Waals surface area contributed by atoms with Gasteiger partial charge in [-0.05, 0) is 140 Å². The molecule has 2 heterocycles. The number of para-hydroxylation sites is 3. The topological polar surface area (TPSA) is 63.9 Å². The zero-order chi connectivity index (χ0) is 41.6. The normalized spacial score (nSPS) is 16.7. The zero-order valence-corrected chi connectivity index (χ0v) is 34.1. The summed E-state index contributed by atoms with van der Waals surface area (Å²) >= 11 is 0. The van der Waals surface area contributed by atoms with Crippen molar-refractivity contribution in [3.63, 3.8) is 0 Å². The lowest BCUT2D eigenvalue weighted by Crippen LogP contribution is -2.36. The Hall–Kier alpha value is -8.06. The molecule has 11 rings (SSSR count). The first-order chi connectivity index (χ1) is 30.7. The minimum Gasteiger partial charge on any atom is -0.334 e. The molecule has 6 heteroatoms. The molecule has 0 radical (unpaired) electrons. The van der Waals surface area contributed by atoms with Gasteiger partial charge in [-0.15, -0.1) is 0 Å². The second kappa shape index (κ2) is 15.5. The molecule has 296 valence electrons. The van der Waals surface area contributed by atoms with Gasteiger partial charge in [0.1, 0.15) is 0 Å². The van der Waals surface area contributed by atoms with Gasteiger partial charge in [0, 0.05) is 61.7 Å². The number of hydrogen-bond donors (Lipinski definition) is 0. The molecular formula is C56H42N6. The number of benzene rings is 6. The van der Waals surface area contributed by atoms with Crippen LogP contribution in [0.3, 0.4) is 0 Å². The number of fused-ring (bicyclic) bond motifs is 6. The third-order valence-electron chi connectivity index (χ3n) is 12.6. The van der Waals surface area contributed by atoms with E-state index in [1.165, 1.54) is 49.7 Å². The van der Waals surface area contributed by atoms with Crippen LogP contribution in [0.2, 0.25) is 0 Å². The summed E-state index contributed by atoms with van der Waals surface area (Å²) in [5, 5.41) is 23.2. The van der Waals surface area contributed by atoms with Crippen molar-refractivity contribution in [2.24, 2.45) is 5.92 Å². The smallest absolute Gasteiger partial charge is 0.0991 e. The molecule has 3 aliphatic rings. The summed E-state index contributed by atoms with van der Waals surface area (Å²) in [5.74, 6) is -0.135. The standard InChI is InChI=1S/C56H42N6/c57-37-39-19-23-43(24-20-39)59(47-31-33-55-51(35-47)49-15-7-9-17-53(49)61(55)41-11-3-1-4-12-41)45-27-29-46(30-28-45)60(44-25-21-40(38-58)22-26-44)48-32-34-56-52(36-48)50-16-8-10-18-54(50)62(56)42-13-5-2-6-14-42/h1-5,7-13,15-19,21-34,36,39,47H,6,14,20,35H2. The zero-order valence-electron chi connectivity index (χ0n) is 34.1. The average molecular weight is 799 g/mol. The molecule has 0 saturated heterocycles. The van der Waals surface area contributed by atoms with Gasteiger partial charge >= 0.3 is 0 Å². The van der Waals surface area contributed by atoms with E-state index in [-0.39, 0.29) is 12.0 Å². The molecule has 0 spiro atoms. The highest BCUT2D eigenvalue weighted by Gasteiger charge is 2.29. The molecule has 3 aliphatic carbocycles. The number of rotatable bonds is 8. The highest BCUT2D eigenvalue weighted by atomic mass is 15.2. The Morgan fingerprint density at radius 3 is 2.00 bits per heavy atom. The van der Waals surface area contributed by atoms with Gasteiger partial charge < -0.3 is 18.9 Å². The monoisotopic (exact) mass is 798 g/mol. The molecule has 2 unspecified atom stereocenters. The fourth-order valence-electron chi connectivity index (χ4n) is 9.72. The number of nitrogens with zero attached hydrogens (tertiary/aromatic N) is 6. The van der Waals surface area contributed by atoms with E-state index in [1.807, 2.05) is 30.3 Å². The van der Waals surface area contributed by atoms with E-state index in [1.54, 1.807) is 0 Å². The molecule has 0 fully saturated rings. The summed E-state index contributed by atoms with van der Waals surface area (Å²) in [6.45, 7) is 0. The highest BCUT2D eigenvalue weighted by Crippen LogP contribution is 2.42. The minimum atomic E-state index is -0.135. The number of hydrogen-bond acceptors (Lipinski definition) is 4. The van der Waals surface area contributed by atoms with Gasteiger partial charge in [0.05, 0.1) is 46.2 Å². The van der Waals surface area contributed by atoms with Gasteiger partial charge in [0.2, 0.25) is 0 Å². The summed E-state index contributed by atoms with van der Waals surface area (Å²) in [7, 11) is 0. The average Bonchev–Trinajstić information content (AvgIpc) is 3.85. The summed E-state index contributed by atoms with van der Waals surface area (Å²) in [5.41, 5.74) is 14.4. The van der Waals surface area contributed by atoms with E-state index in [0.29, 0.717) is 12.0 Å². The first kappa shape index (κ1) is 37.0. The van der Waals surface area contributed by atoms with Crippen molar-refractivity contribution in [1.82, 2.24) is 9.13 Å². The van der Waals surface area contributed by atoms with Gasteiger partial charge in [-0.25, -0.2) is 0 Å². The van der Waals surface area contributed by atoms with Crippen LogP contribution in [0.5, 0.6) is 0 Å². The first-order valence-electron chi connectivity index (χ1n) is 21.4. The van der Waals surface area contributed by atoms with Crippen molar-refractivity contribution in [3.8, 4) is 17.8 Å². The summed E-state index contributed by atoms with van der Waals surface area (Å²) < 4.78 is 4.80. The van der Waals surface area contributed by atoms with Crippen molar-refractivity contribution in [1.29, 1.82) is 10.5 Å². The maximum absolute atomic E-state index is 9.77. The Labute approximate surface area is 361 Å². The Balaban J connectivity index is 1.01. The molecule has 8 aromatic rings. The highest BCUT2D eigenvalue weighted by molar-refractivity contribution is 6.11. The third kappa shape index (κ3) is 6.33. The lowest BCUT2D eigenvalue weighted by molar-refractivity contribution is 0.729. The van der Waals surface area contributed by atoms with Gasteiger partial charge in [-0.3, -0.25) is 0 Å². The number of nitriles is 2. The maximum atomic E-state index is 9.77. The predicted octanol–water partition coefficient (Wildman–Crippen LogP) is 13.7. The van der Waals surface area contributed by atoms with E-state index >= 15 is 0 Å². The van der Waals surface area contributed by atoms with Crippen LogP contribution < -0.4 is 9.80 Å². The van der Waals surface area contributed by atoms with Crippen molar-refractivity contribution in [2.45, 2.75) is 31.7 Å². The summed E-state index contributed by atoms with van der Waals surface area (Å²) in [6.07, 6.45) is 21.2. The van der Waals surface area contributed by atoms with Crippen molar-refractivity contribution in [2.75, 3.05) is 9.80 Å². The van der Waals surface area contributed by atoms with Crippen LogP contribution in [0, 0.1) is 28.6 Å². The largest absolute Gasteiger partial charge is 0.334 e. The van der Waals surface area contributed by atoms with Crippen molar-refractivity contribution in [3.05, 3.63) is 211 Å². The van der Waals surface area contributed by atoms with Crippen LogP contribution in [0.25, 0.3) is 50.2 Å². The van der Waals surface area contributed by atoms with Crippen molar-refractivity contribution >= 4 is 67.2 Å². The molecule has 0 saturated carbocycles. The van der Waals surface area contributed by atoms with Gasteiger partial charge in [0.15, 0.2) is 0 Å². The molecule has 62 heavy (non-hydrogen) atoms. The van der Waals surface area contributed by atoms with E-state index < -0.39 is 0 Å². The lowest BCUT2D eigenvalue weighted by atomic mass is 9.93.